The standard InChI is InChI=1S/C22H27F2N3O4S/c1-16(27(32(2,29)30)19-7-8-20(23)21(24)13-19)22(28)25-14-17-3-5-18(6-4-17)15-26-9-11-31-12-10-26/h3-8,13,16H,9-12,14-15H2,1-2H3,(H,25,28)/t16-/m0/s1. The summed E-state index contributed by atoms with van der Waals surface area (Å²) in [7, 11) is -3.92. The first-order valence-electron chi connectivity index (χ1n) is 10.3. The second-order valence-corrected chi connectivity index (χ2v) is 9.62. The Hall–Kier alpha value is -2.56. The number of anilines is 1. The summed E-state index contributed by atoms with van der Waals surface area (Å²) in [5, 5.41) is 2.71. The van der Waals surface area contributed by atoms with Gasteiger partial charge in [0.15, 0.2) is 11.6 Å². The van der Waals surface area contributed by atoms with Crippen molar-refractivity contribution < 1.29 is 26.7 Å². The number of benzene rings is 2. The van der Waals surface area contributed by atoms with Crippen molar-refractivity contribution in [1.82, 2.24) is 10.2 Å². The summed E-state index contributed by atoms with van der Waals surface area (Å²) in [5.41, 5.74) is 1.88. The number of hydrogen-bond acceptors (Lipinski definition) is 5. The molecule has 1 N–H and O–H groups in total. The first kappa shape index (κ1) is 24.1. The van der Waals surface area contributed by atoms with Gasteiger partial charge in [0, 0.05) is 32.2 Å². The van der Waals surface area contributed by atoms with E-state index in [4.69, 9.17) is 4.74 Å². The van der Waals surface area contributed by atoms with Gasteiger partial charge in [0.2, 0.25) is 15.9 Å². The highest BCUT2D eigenvalue weighted by molar-refractivity contribution is 7.92. The van der Waals surface area contributed by atoms with E-state index in [2.05, 4.69) is 10.2 Å². The van der Waals surface area contributed by atoms with Gasteiger partial charge in [-0.05, 0) is 30.2 Å². The lowest BCUT2D eigenvalue weighted by Crippen LogP contribution is -2.47. The van der Waals surface area contributed by atoms with Crippen molar-refractivity contribution >= 4 is 21.6 Å². The third-order valence-corrected chi connectivity index (χ3v) is 6.49. The maximum Gasteiger partial charge on any atom is 0.243 e. The van der Waals surface area contributed by atoms with Crippen LogP contribution in [0.1, 0.15) is 18.1 Å². The third kappa shape index (κ3) is 6.24. The predicted octanol–water partition coefficient (Wildman–Crippen LogP) is 2.27. The molecule has 2 aromatic carbocycles. The number of ether oxygens (including phenoxy) is 1. The molecule has 0 unspecified atom stereocenters. The van der Waals surface area contributed by atoms with Crippen LogP contribution in [-0.2, 0) is 32.6 Å². The molecule has 0 saturated carbocycles. The molecule has 7 nitrogen and oxygen atoms in total. The molecule has 3 rings (SSSR count). The molecule has 10 heteroatoms. The first-order chi connectivity index (χ1) is 15.1. The summed E-state index contributed by atoms with van der Waals surface area (Å²) >= 11 is 0. The number of amides is 1. The van der Waals surface area contributed by atoms with Crippen molar-refractivity contribution in [3.05, 3.63) is 65.2 Å². The minimum Gasteiger partial charge on any atom is -0.379 e. The molecule has 32 heavy (non-hydrogen) atoms. The van der Waals surface area contributed by atoms with E-state index in [1.54, 1.807) is 0 Å². The van der Waals surface area contributed by atoms with Crippen LogP contribution in [0.5, 0.6) is 0 Å². The van der Waals surface area contributed by atoms with Crippen molar-refractivity contribution in [2.24, 2.45) is 0 Å². The van der Waals surface area contributed by atoms with Crippen molar-refractivity contribution in [3.8, 4) is 0 Å². The molecule has 2 aromatic rings. The highest BCUT2D eigenvalue weighted by atomic mass is 32.2. The van der Waals surface area contributed by atoms with Gasteiger partial charge in [0.05, 0.1) is 25.2 Å². The second kappa shape index (κ2) is 10.4. The molecule has 0 spiro atoms. The number of sulfonamides is 1. The molecule has 1 atom stereocenters. The van der Waals surface area contributed by atoms with Gasteiger partial charge in [-0.2, -0.15) is 0 Å². The molecule has 0 bridgehead atoms. The van der Waals surface area contributed by atoms with Crippen molar-refractivity contribution in [2.45, 2.75) is 26.1 Å². The fourth-order valence-corrected chi connectivity index (χ4v) is 4.71. The Labute approximate surface area is 187 Å². The van der Waals surface area contributed by atoms with E-state index in [1.807, 2.05) is 24.3 Å². The largest absolute Gasteiger partial charge is 0.379 e. The van der Waals surface area contributed by atoms with E-state index >= 15 is 0 Å². The minimum atomic E-state index is -3.92. The first-order valence-corrected chi connectivity index (χ1v) is 12.1. The topological polar surface area (TPSA) is 79.0 Å². The van der Waals surface area contributed by atoms with Crippen LogP contribution in [0.4, 0.5) is 14.5 Å². The van der Waals surface area contributed by atoms with Crippen molar-refractivity contribution in [1.29, 1.82) is 0 Å². The SMILES string of the molecule is C[C@@H](C(=O)NCc1ccc(CN2CCOCC2)cc1)N(c1ccc(F)c(F)c1)S(C)(=O)=O. The van der Waals surface area contributed by atoms with Crippen LogP contribution in [0, 0.1) is 11.6 Å². The number of halogens is 2. The lowest BCUT2D eigenvalue weighted by molar-refractivity contribution is -0.122. The molecular weight excluding hydrogens is 440 g/mol. The summed E-state index contributed by atoms with van der Waals surface area (Å²) in [6.45, 7) is 5.67. The van der Waals surface area contributed by atoms with E-state index in [-0.39, 0.29) is 12.2 Å². The summed E-state index contributed by atoms with van der Waals surface area (Å²) in [4.78, 5) is 15.0. The fourth-order valence-electron chi connectivity index (χ4n) is 3.55. The van der Waals surface area contributed by atoms with Gasteiger partial charge in [-0.25, -0.2) is 17.2 Å². The average Bonchev–Trinajstić information content (AvgIpc) is 2.75. The van der Waals surface area contributed by atoms with Gasteiger partial charge in [0.25, 0.3) is 0 Å². The molecular formula is C22H27F2N3O4S. The van der Waals surface area contributed by atoms with Gasteiger partial charge in [-0.3, -0.25) is 14.0 Å². The zero-order valence-electron chi connectivity index (χ0n) is 18.1. The van der Waals surface area contributed by atoms with E-state index < -0.39 is 33.6 Å². The fraction of sp³-hybridized carbons (Fsp3) is 0.409. The number of rotatable bonds is 8. The average molecular weight is 468 g/mol. The van der Waals surface area contributed by atoms with Crippen LogP contribution < -0.4 is 9.62 Å². The van der Waals surface area contributed by atoms with E-state index in [9.17, 15) is 22.0 Å². The Morgan fingerprint density at radius 3 is 2.31 bits per heavy atom. The summed E-state index contributed by atoms with van der Waals surface area (Å²) in [5.74, 6) is -2.85. The predicted molar refractivity (Wildman–Crippen MR) is 118 cm³/mol. The third-order valence-electron chi connectivity index (χ3n) is 5.25. The van der Waals surface area contributed by atoms with E-state index in [0.29, 0.717) is 0 Å². The molecule has 1 aliphatic heterocycles. The Morgan fingerprint density at radius 1 is 1.09 bits per heavy atom. The van der Waals surface area contributed by atoms with Crippen LogP contribution in [0.2, 0.25) is 0 Å². The Kier molecular flexibility index (Phi) is 7.81. The number of nitrogens with one attached hydrogen (secondary N) is 1. The van der Waals surface area contributed by atoms with E-state index in [0.717, 1.165) is 72.7 Å². The van der Waals surface area contributed by atoms with Gasteiger partial charge >= 0.3 is 0 Å². The second-order valence-electron chi connectivity index (χ2n) is 7.76. The van der Waals surface area contributed by atoms with Crippen LogP contribution in [0.15, 0.2) is 42.5 Å². The van der Waals surface area contributed by atoms with Gasteiger partial charge in [-0.15, -0.1) is 0 Å². The van der Waals surface area contributed by atoms with Gasteiger partial charge in [0.1, 0.15) is 6.04 Å². The quantitative estimate of drug-likeness (QED) is 0.645. The zero-order chi connectivity index (χ0) is 23.3. The molecule has 174 valence electrons. The Morgan fingerprint density at radius 2 is 1.72 bits per heavy atom. The number of morpholine rings is 1. The van der Waals surface area contributed by atoms with Crippen molar-refractivity contribution in [2.75, 3.05) is 36.9 Å². The monoisotopic (exact) mass is 467 g/mol. The number of hydrogen-bond donors (Lipinski definition) is 1. The van der Waals surface area contributed by atoms with Crippen LogP contribution in [0.3, 0.4) is 0 Å². The number of carbonyl (C=O) groups is 1. The molecule has 1 fully saturated rings. The van der Waals surface area contributed by atoms with Crippen LogP contribution in [-0.4, -0.2) is 57.8 Å². The lowest BCUT2D eigenvalue weighted by Gasteiger charge is -2.28. The van der Waals surface area contributed by atoms with Crippen molar-refractivity contribution in [3.63, 3.8) is 0 Å². The smallest absolute Gasteiger partial charge is 0.243 e. The highest BCUT2D eigenvalue weighted by Gasteiger charge is 2.29. The molecule has 0 aromatic heterocycles. The van der Waals surface area contributed by atoms with Crippen LogP contribution in [0.25, 0.3) is 0 Å². The maximum absolute atomic E-state index is 13.6. The molecule has 1 aliphatic rings. The lowest BCUT2D eigenvalue weighted by atomic mass is 10.1. The highest BCUT2D eigenvalue weighted by Crippen LogP contribution is 2.23. The summed E-state index contributed by atoms with van der Waals surface area (Å²) in [6.07, 6.45) is 0.908. The Bertz CT molecular complexity index is 1040. The Balaban J connectivity index is 1.62. The summed E-state index contributed by atoms with van der Waals surface area (Å²) < 4.78 is 57.5. The van der Waals surface area contributed by atoms with E-state index in [1.165, 1.54) is 6.92 Å². The summed E-state index contributed by atoms with van der Waals surface area (Å²) in [6, 6.07) is 9.34. The zero-order valence-corrected chi connectivity index (χ0v) is 18.9. The van der Waals surface area contributed by atoms with Gasteiger partial charge in [-0.1, -0.05) is 24.3 Å². The number of nitrogens with zero attached hydrogens (tertiary/aromatic N) is 2. The van der Waals surface area contributed by atoms with Gasteiger partial charge < -0.3 is 10.1 Å². The number of carbonyl (C=O) groups excluding carboxylic acids is 1. The molecule has 1 saturated heterocycles. The minimum absolute atomic E-state index is 0.124. The molecule has 1 amide bonds. The normalized spacial score (nSPS) is 15.9. The molecule has 0 radical (unpaired) electrons. The van der Waals surface area contributed by atoms with Crippen LogP contribution >= 0.6 is 0 Å². The molecule has 0 aliphatic carbocycles. The molecule has 1 heterocycles. The maximum atomic E-state index is 13.6.